The molecule has 6 nitrogen and oxygen atoms in total. The molecule has 1 atom stereocenters. The molecule has 1 aromatic rings. The molecule has 138 valence electrons. The molecule has 1 aromatic heterocycles. The maximum Gasteiger partial charge on any atom is 0.194 e. The molecule has 24 heavy (non-hydrogen) atoms. The second-order valence-electron chi connectivity index (χ2n) is 6.55. The fraction of sp³-hybridized carbons (Fsp3) is 0.765. The van der Waals surface area contributed by atoms with Gasteiger partial charge in [-0.3, -0.25) is 9.67 Å². The molecule has 1 unspecified atom stereocenters. The van der Waals surface area contributed by atoms with Crippen LogP contribution in [-0.4, -0.2) is 53.5 Å². The second-order valence-corrected chi connectivity index (χ2v) is 6.55. The molecule has 0 spiro atoms. The van der Waals surface area contributed by atoms with E-state index in [0.717, 1.165) is 50.7 Å². The quantitative estimate of drug-likeness (QED) is 0.412. The van der Waals surface area contributed by atoms with Crippen LogP contribution in [0, 0.1) is 0 Å². The molecule has 1 aliphatic heterocycles. The van der Waals surface area contributed by atoms with Crippen molar-refractivity contribution in [2.24, 2.45) is 12.0 Å². The van der Waals surface area contributed by atoms with Crippen LogP contribution in [0.5, 0.6) is 0 Å². The lowest BCUT2D eigenvalue weighted by Gasteiger charge is -2.23. The average Bonchev–Trinajstić information content (AvgIpc) is 3.13. The van der Waals surface area contributed by atoms with Crippen molar-refractivity contribution in [3.63, 3.8) is 0 Å². The Morgan fingerprint density at radius 1 is 1.54 bits per heavy atom. The first-order valence-electron chi connectivity index (χ1n) is 8.64. The highest BCUT2D eigenvalue weighted by atomic mass is 127. The number of nitrogens with zero attached hydrogens (tertiary/aromatic N) is 4. The molecule has 1 N–H and O–H groups in total. The summed E-state index contributed by atoms with van der Waals surface area (Å²) in [6, 6.07) is 0. The van der Waals surface area contributed by atoms with Crippen molar-refractivity contribution in [2.45, 2.75) is 52.2 Å². The van der Waals surface area contributed by atoms with Gasteiger partial charge in [-0.2, -0.15) is 5.10 Å². The Bertz CT molecular complexity index is 523. The summed E-state index contributed by atoms with van der Waals surface area (Å²) in [5, 5.41) is 7.96. The van der Waals surface area contributed by atoms with Gasteiger partial charge in [0.2, 0.25) is 0 Å². The minimum atomic E-state index is 0. The Hall–Kier alpha value is -0.830. The summed E-state index contributed by atoms with van der Waals surface area (Å²) in [6.07, 6.45) is 4.66. The zero-order chi connectivity index (χ0) is 16.8. The smallest absolute Gasteiger partial charge is 0.194 e. The van der Waals surface area contributed by atoms with Crippen molar-refractivity contribution >= 4 is 29.9 Å². The average molecular weight is 449 g/mol. The number of hydrogen-bond donors (Lipinski definition) is 1. The van der Waals surface area contributed by atoms with Crippen LogP contribution in [-0.2, 0) is 18.3 Å². The summed E-state index contributed by atoms with van der Waals surface area (Å²) < 4.78 is 7.56. The number of guanidine groups is 1. The van der Waals surface area contributed by atoms with Crippen molar-refractivity contribution in [3.05, 3.63) is 17.5 Å². The van der Waals surface area contributed by atoms with Crippen molar-refractivity contribution in [1.29, 1.82) is 0 Å². The Kier molecular flexibility index (Phi) is 9.04. The molecular weight excluding hydrogens is 417 g/mol. The highest BCUT2D eigenvalue weighted by Crippen LogP contribution is 2.18. The fourth-order valence-corrected chi connectivity index (χ4v) is 2.94. The Labute approximate surface area is 163 Å². The van der Waals surface area contributed by atoms with Crippen molar-refractivity contribution in [1.82, 2.24) is 20.0 Å². The maximum absolute atomic E-state index is 5.67. The Morgan fingerprint density at radius 2 is 2.29 bits per heavy atom. The van der Waals surface area contributed by atoms with Crippen LogP contribution in [0.15, 0.2) is 11.2 Å². The van der Waals surface area contributed by atoms with Crippen molar-refractivity contribution in [2.75, 3.05) is 26.7 Å². The zero-order valence-electron chi connectivity index (χ0n) is 15.6. The number of hydrogen-bond acceptors (Lipinski definition) is 3. The number of nitrogens with one attached hydrogen (secondary N) is 1. The van der Waals surface area contributed by atoms with Gasteiger partial charge < -0.3 is 15.0 Å². The SMILES string of the molecule is CCNC(=NCC1CCCO1)N(C)Cc1cn(C)nc1C(C)C.I. The third-order valence-electron chi connectivity index (χ3n) is 4.06. The van der Waals surface area contributed by atoms with Crippen LogP contribution in [0.2, 0.25) is 0 Å². The van der Waals surface area contributed by atoms with Gasteiger partial charge in [0, 0.05) is 45.6 Å². The van der Waals surface area contributed by atoms with Gasteiger partial charge in [0.05, 0.1) is 18.3 Å². The lowest BCUT2D eigenvalue weighted by molar-refractivity contribution is 0.117. The Morgan fingerprint density at radius 3 is 2.88 bits per heavy atom. The van der Waals surface area contributed by atoms with E-state index in [9.17, 15) is 0 Å². The van der Waals surface area contributed by atoms with E-state index in [1.807, 2.05) is 11.7 Å². The van der Waals surface area contributed by atoms with Crippen molar-refractivity contribution < 1.29 is 4.74 Å². The molecule has 0 aromatic carbocycles. The van der Waals surface area contributed by atoms with Gasteiger partial charge in [0.25, 0.3) is 0 Å². The van der Waals surface area contributed by atoms with Gasteiger partial charge in [0.1, 0.15) is 0 Å². The van der Waals surface area contributed by atoms with Crippen LogP contribution < -0.4 is 5.32 Å². The maximum atomic E-state index is 5.67. The standard InChI is InChI=1S/C17H31N5O.HI/c1-6-18-17(19-10-15-8-7-9-23-15)21(4)11-14-12-22(5)20-16(14)13(2)3;/h12-13,15H,6-11H2,1-5H3,(H,18,19);1H. The first-order chi connectivity index (χ1) is 11.0. The van der Waals surface area contributed by atoms with Crippen LogP contribution in [0.3, 0.4) is 0 Å². The molecule has 7 heteroatoms. The predicted molar refractivity (Wildman–Crippen MR) is 109 cm³/mol. The first kappa shape index (κ1) is 21.2. The summed E-state index contributed by atoms with van der Waals surface area (Å²) in [4.78, 5) is 6.92. The van der Waals surface area contributed by atoms with E-state index in [4.69, 9.17) is 9.73 Å². The van der Waals surface area contributed by atoms with E-state index in [0.29, 0.717) is 5.92 Å². The van der Waals surface area contributed by atoms with E-state index < -0.39 is 0 Å². The normalized spacial score (nSPS) is 17.9. The summed E-state index contributed by atoms with van der Waals surface area (Å²) in [5.41, 5.74) is 2.42. The monoisotopic (exact) mass is 449 g/mol. The molecule has 1 aliphatic rings. The molecule has 0 radical (unpaired) electrons. The molecular formula is C17H32IN5O. The van der Waals surface area contributed by atoms with Gasteiger partial charge >= 0.3 is 0 Å². The highest BCUT2D eigenvalue weighted by molar-refractivity contribution is 14.0. The number of aliphatic imine (C=N–C) groups is 1. The van der Waals surface area contributed by atoms with E-state index in [1.165, 1.54) is 5.56 Å². The summed E-state index contributed by atoms with van der Waals surface area (Å²) in [7, 11) is 4.06. The van der Waals surface area contributed by atoms with Crippen LogP contribution in [0.25, 0.3) is 0 Å². The molecule has 2 heterocycles. The summed E-state index contributed by atoms with van der Waals surface area (Å²) >= 11 is 0. The van der Waals surface area contributed by atoms with Gasteiger partial charge in [-0.1, -0.05) is 13.8 Å². The zero-order valence-corrected chi connectivity index (χ0v) is 17.9. The number of aromatic nitrogens is 2. The number of halogens is 1. The van der Waals surface area contributed by atoms with Crippen LogP contribution in [0.4, 0.5) is 0 Å². The number of rotatable bonds is 6. The minimum Gasteiger partial charge on any atom is -0.376 e. The molecule has 0 saturated carbocycles. The molecule has 0 aliphatic carbocycles. The fourth-order valence-electron chi connectivity index (χ4n) is 2.94. The first-order valence-corrected chi connectivity index (χ1v) is 8.64. The topological polar surface area (TPSA) is 54.7 Å². The predicted octanol–water partition coefficient (Wildman–Crippen LogP) is 2.74. The van der Waals surface area contributed by atoms with Crippen LogP contribution in [0.1, 0.15) is 50.8 Å². The number of ether oxygens (including phenoxy) is 1. The van der Waals surface area contributed by atoms with E-state index in [-0.39, 0.29) is 30.1 Å². The van der Waals surface area contributed by atoms with Crippen LogP contribution >= 0.6 is 24.0 Å². The van der Waals surface area contributed by atoms with Gasteiger partial charge in [0.15, 0.2) is 5.96 Å². The molecule has 0 amide bonds. The minimum absolute atomic E-state index is 0. The Balaban J connectivity index is 0.00000288. The lowest BCUT2D eigenvalue weighted by Crippen LogP contribution is -2.39. The van der Waals surface area contributed by atoms with Gasteiger partial charge in [-0.15, -0.1) is 24.0 Å². The van der Waals surface area contributed by atoms with E-state index in [2.05, 4.69) is 49.3 Å². The molecule has 0 bridgehead atoms. The van der Waals surface area contributed by atoms with Gasteiger partial charge in [-0.05, 0) is 25.7 Å². The molecule has 1 saturated heterocycles. The lowest BCUT2D eigenvalue weighted by atomic mass is 10.1. The highest BCUT2D eigenvalue weighted by Gasteiger charge is 2.17. The molecule has 1 fully saturated rings. The third kappa shape index (κ3) is 5.91. The molecule has 2 rings (SSSR count). The van der Waals surface area contributed by atoms with Crippen molar-refractivity contribution in [3.8, 4) is 0 Å². The van der Waals surface area contributed by atoms with E-state index >= 15 is 0 Å². The largest absolute Gasteiger partial charge is 0.376 e. The number of aryl methyl sites for hydroxylation is 1. The summed E-state index contributed by atoms with van der Waals surface area (Å²) in [6.45, 7) is 9.73. The second kappa shape index (κ2) is 10.2. The van der Waals surface area contributed by atoms with E-state index in [1.54, 1.807) is 0 Å². The van der Waals surface area contributed by atoms with Gasteiger partial charge in [-0.25, -0.2) is 0 Å². The third-order valence-corrected chi connectivity index (χ3v) is 4.06. The summed E-state index contributed by atoms with van der Waals surface area (Å²) in [5.74, 6) is 1.35.